The van der Waals surface area contributed by atoms with Crippen molar-refractivity contribution in [2.75, 3.05) is 26.2 Å². The number of carbonyl (C=O) groups is 1. The van der Waals surface area contributed by atoms with Gasteiger partial charge in [0.2, 0.25) is 0 Å². The molecule has 0 aliphatic carbocycles. The molecule has 1 atom stereocenters. The lowest BCUT2D eigenvalue weighted by atomic mass is 10.0. The molecule has 0 aromatic heterocycles. The van der Waals surface area contributed by atoms with Crippen LogP contribution in [0, 0.1) is 0 Å². The Bertz CT molecular complexity index is 303. The molecule has 0 amide bonds. The van der Waals surface area contributed by atoms with Crippen molar-refractivity contribution < 1.29 is 9.53 Å². The van der Waals surface area contributed by atoms with E-state index in [4.69, 9.17) is 4.74 Å². The van der Waals surface area contributed by atoms with E-state index in [1.807, 2.05) is 13.8 Å². The van der Waals surface area contributed by atoms with Gasteiger partial charge >= 0.3 is 5.97 Å². The summed E-state index contributed by atoms with van der Waals surface area (Å²) >= 11 is 0. The first kappa shape index (κ1) is 16.2. The molecule has 1 saturated heterocycles. The van der Waals surface area contributed by atoms with Gasteiger partial charge in [0, 0.05) is 12.6 Å². The number of hydrogen-bond acceptors (Lipinski definition) is 4. The number of carbonyl (C=O) groups excluding carboxylic acids is 1. The summed E-state index contributed by atoms with van der Waals surface area (Å²) in [5.74, 6) is -0.144. The van der Waals surface area contributed by atoms with Gasteiger partial charge in [0.1, 0.15) is 6.04 Å². The summed E-state index contributed by atoms with van der Waals surface area (Å²) in [5, 5.41) is 3.37. The van der Waals surface area contributed by atoms with E-state index in [2.05, 4.69) is 30.1 Å². The van der Waals surface area contributed by atoms with Gasteiger partial charge in [-0.05, 0) is 53.6 Å². The van der Waals surface area contributed by atoms with Crippen LogP contribution in [-0.2, 0) is 9.53 Å². The molecule has 110 valence electrons. The Morgan fingerprint density at radius 2 is 2.05 bits per heavy atom. The van der Waals surface area contributed by atoms with E-state index >= 15 is 0 Å². The molecule has 0 saturated carbocycles. The molecule has 1 aliphatic rings. The molecule has 0 radical (unpaired) electrons. The van der Waals surface area contributed by atoms with Gasteiger partial charge in [0.25, 0.3) is 0 Å². The fourth-order valence-electron chi connectivity index (χ4n) is 2.28. The molecule has 1 aliphatic heterocycles. The third kappa shape index (κ3) is 6.21. The zero-order valence-corrected chi connectivity index (χ0v) is 12.7. The van der Waals surface area contributed by atoms with Crippen molar-refractivity contribution in [3.05, 3.63) is 11.6 Å². The number of hydrogen-bond donors (Lipinski definition) is 1. The number of nitrogens with one attached hydrogen (secondary N) is 1. The van der Waals surface area contributed by atoms with E-state index in [9.17, 15) is 4.79 Å². The lowest BCUT2D eigenvalue weighted by Gasteiger charge is -2.33. The predicted octanol–water partition coefficient (Wildman–Crippen LogP) is 1.96. The number of esters is 1. The number of likely N-dealkylation sites (tertiary alicyclic amines) is 1. The van der Waals surface area contributed by atoms with Crippen molar-refractivity contribution in [2.45, 2.75) is 52.6 Å². The molecule has 4 heteroatoms. The van der Waals surface area contributed by atoms with Crippen molar-refractivity contribution in [3.8, 4) is 0 Å². The van der Waals surface area contributed by atoms with E-state index in [-0.39, 0.29) is 12.0 Å². The monoisotopic (exact) mass is 268 g/mol. The number of rotatable bonds is 6. The summed E-state index contributed by atoms with van der Waals surface area (Å²) in [6, 6.07) is 0.233. The van der Waals surface area contributed by atoms with Crippen LogP contribution >= 0.6 is 0 Å². The Labute approximate surface area is 117 Å². The number of piperidine rings is 1. The minimum Gasteiger partial charge on any atom is -0.465 e. The zero-order chi connectivity index (χ0) is 14.3. The van der Waals surface area contributed by atoms with E-state index < -0.39 is 0 Å². The molecule has 1 unspecified atom stereocenters. The Kier molecular flexibility index (Phi) is 7.10. The van der Waals surface area contributed by atoms with Crippen LogP contribution in [0.1, 0.15) is 40.5 Å². The van der Waals surface area contributed by atoms with Crippen LogP contribution in [0.4, 0.5) is 0 Å². The third-order valence-corrected chi connectivity index (χ3v) is 3.47. The van der Waals surface area contributed by atoms with Crippen molar-refractivity contribution in [1.29, 1.82) is 0 Å². The molecule has 1 fully saturated rings. The van der Waals surface area contributed by atoms with Crippen LogP contribution in [-0.4, -0.2) is 49.2 Å². The SMILES string of the molecule is CCOC(=O)C(C)NC1CCN(CC=C(C)C)CC1. The van der Waals surface area contributed by atoms with Crippen LogP contribution < -0.4 is 5.32 Å². The second-order valence-corrected chi connectivity index (χ2v) is 5.50. The first-order valence-corrected chi connectivity index (χ1v) is 7.31. The van der Waals surface area contributed by atoms with Gasteiger partial charge in [-0.3, -0.25) is 9.69 Å². The van der Waals surface area contributed by atoms with E-state index in [1.54, 1.807) is 0 Å². The maximum absolute atomic E-state index is 11.6. The molecule has 1 heterocycles. The summed E-state index contributed by atoms with van der Waals surface area (Å²) < 4.78 is 5.01. The first-order chi connectivity index (χ1) is 9.02. The van der Waals surface area contributed by atoms with Crippen molar-refractivity contribution >= 4 is 5.97 Å². The highest BCUT2D eigenvalue weighted by Gasteiger charge is 2.22. The normalized spacial score (nSPS) is 18.9. The van der Waals surface area contributed by atoms with Crippen LogP contribution in [0.15, 0.2) is 11.6 Å². The molecule has 0 aromatic carbocycles. The fraction of sp³-hybridized carbons (Fsp3) is 0.800. The topological polar surface area (TPSA) is 41.6 Å². The highest BCUT2D eigenvalue weighted by molar-refractivity contribution is 5.75. The van der Waals surface area contributed by atoms with Gasteiger partial charge in [-0.25, -0.2) is 0 Å². The Hall–Kier alpha value is -0.870. The lowest BCUT2D eigenvalue weighted by molar-refractivity contribution is -0.145. The zero-order valence-electron chi connectivity index (χ0n) is 12.7. The first-order valence-electron chi connectivity index (χ1n) is 7.31. The van der Waals surface area contributed by atoms with Gasteiger partial charge in [0.05, 0.1) is 6.61 Å². The number of allylic oxidation sites excluding steroid dienone is 1. The maximum atomic E-state index is 11.6. The largest absolute Gasteiger partial charge is 0.465 e. The number of ether oxygens (including phenoxy) is 1. The highest BCUT2D eigenvalue weighted by Crippen LogP contribution is 2.11. The van der Waals surface area contributed by atoms with E-state index in [0.29, 0.717) is 12.6 Å². The molecule has 0 bridgehead atoms. The summed E-state index contributed by atoms with van der Waals surface area (Å²) in [7, 11) is 0. The molecule has 19 heavy (non-hydrogen) atoms. The van der Waals surface area contributed by atoms with E-state index in [0.717, 1.165) is 32.5 Å². The average Bonchev–Trinajstić information content (AvgIpc) is 2.38. The van der Waals surface area contributed by atoms with Crippen LogP contribution in [0.2, 0.25) is 0 Å². The van der Waals surface area contributed by atoms with Crippen LogP contribution in [0.25, 0.3) is 0 Å². The van der Waals surface area contributed by atoms with Crippen molar-refractivity contribution in [3.63, 3.8) is 0 Å². The predicted molar refractivity (Wildman–Crippen MR) is 78.1 cm³/mol. The minimum absolute atomic E-state index is 0.144. The second kappa shape index (κ2) is 8.33. The lowest BCUT2D eigenvalue weighted by Crippen LogP contribution is -2.48. The molecule has 1 N–H and O–H groups in total. The highest BCUT2D eigenvalue weighted by atomic mass is 16.5. The van der Waals surface area contributed by atoms with Crippen LogP contribution in [0.3, 0.4) is 0 Å². The molecule has 0 spiro atoms. The van der Waals surface area contributed by atoms with Crippen molar-refractivity contribution in [2.24, 2.45) is 0 Å². The van der Waals surface area contributed by atoms with E-state index in [1.165, 1.54) is 5.57 Å². The second-order valence-electron chi connectivity index (χ2n) is 5.50. The van der Waals surface area contributed by atoms with Gasteiger partial charge in [-0.2, -0.15) is 0 Å². The maximum Gasteiger partial charge on any atom is 0.322 e. The third-order valence-electron chi connectivity index (χ3n) is 3.47. The summed E-state index contributed by atoms with van der Waals surface area (Å²) in [5.41, 5.74) is 1.37. The molecule has 4 nitrogen and oxygen atoms in total. The average molecular weight is 268 g/mol. The minimum atomic E-state index is -0.200. The molecule has 0 aromatic rings. The van der Waals surface area contributed by atoms with Gasteiger partial charge in [-0.15, -0.1) is 0 Å². The van der Waals surface area contributed by atoms with Crippen molar-refractivity contribution in [1.82, 2.24) is 10.2 Å². The Morgan fingerprint density at radius 3 is 2.58 bits per heavy atom. The standard InChI is InChI=1S/C15H28N2O2/c1-5-19-15(18)13(4)16-14-7-10-17(11-8-14)9-6-12(2)3/h6,13-14,16H,5,7-11H2,1-4H3. The quantitative estimate of drug-likeness (QED) is 0.590. The van der Waals surface area contributed by atoms with Gasteiger partial charge in [-0.1, -0.05) is 11.6 Å². The van der Waals surface area contributed by atoms with Gasteiger partial charge in [0.15, 0.2) is 0 Å². The van der Waals surface area contributed by atoms with Gasteiger partial charge < -0.3 is 10.1 Å². The Balaban J connectivity index is 2.26. The molecule has 1 rings (SSSR count). The summed E-state index contributed by atoms with van der Waals surface area (Å²) in [6.45, 7) is 11.7. The smallest absolute Gasteiger partial charge is 0.322 e. The fourth-order valence-corrected chi connectivity index (χ4v) is 2.28. The van der Waals surface area contributed by atoms with Crippen LogP contribution in [0.5, 0.6) is 0 Å². The molecular formula is C15H28N2O2. The number of nitrogens with zero attached hydrogens (tertiary/aromatic N) is 1. The summed E-state index contributed by atoms with van der Waals surface area (Å²) in [6.07, 6.45) is 4.47. The Morgan fingerprint density at radius 1 is 1.42 bits per heavy atom. The summed E-state index contributed by atoms with van der Waals surface area (Å²) in [4.78, 5) is 14.0. The molecular weight excluding hydrogens is 240 g/mol.